The number of benzene rings is 2. The highest BCUT2D eigenvalue weighted by Crippen LogP contribution is 2.31. The Balaban J connectivity index is 1.80. The highest BCUT2D eigenvalue weighted by Gasteiger charge is 2.15. The molecule has 0 radical (unpaired) electrons. The van der Waals surface area contributed by atoms with E-state index >= 15 is 0 Å². The van der Waals surface area contributed by atoms with Gasteiger partial charge in [0.1, 0.15) is 11.6 Å². The second-order valence-corrected chi connectivity index (χ2v) is 8.52. The molecule has 0 saturated carbocycles. The molecule has 29 heavy (non-hydrogen) atoms. The Morgan fingerprint density at radius 1 is 1.24 bits per heavy atom. The molecule has 4 nitrogen and oxygen atoms in total. The van der Waals surface area contributed by atoms with Crippen molar-refractivity contribution in [2.45, 2.75) is 26.7 Å². The first-order valence-electron chi connectivity index (χ1n) is 9.14. The summed E-state index contributed by atoms with van der Waals surface area (Å²) in [5.74, 6) is -0.0552. The fourth-order valence-corrected chi connectivity index (χ4v) is 3.83. The zero-order chi connectivity index (χ0) is 21.0. The monoisotopic (exact) mass is 421 g/mol. The summed E-state index contributed by atoms with van der Waals surface area (Å²) in [4.78, 5) is 18.0. The van der Waals surface area contributed by atoms with Crippen LogP contribution in [0.15, 0.2) is 54.1 Å². The zero-order valence-corrected chi connectivity index (χ0v) is 17.9. The number of anilines is 1. The summed E-state index contributed by atoms with van der Waals surface area (Å²) >= 11 is 7.42. The van der Waals surface area contributed by atoms with E-state index in [-0.39, 0.29) is 5.57 Å². The Hall–Kier alpha value is -2.94. The molecule has 0 spiro atoms. The van der Waals surface area contributed by atoms with E-state index in [0.29, 0.717) is 16.1 Å². The summed E-state index contributed by atoms with van der Waals surface area (Å²) in [7, 11) is 0. The molecule has 0 fully saturated rings. The molecule has 1 heterocycles. The van der Waals surface area contributed by atoms with E-state index in [1.54, 1.807) is 12.1 Å². The maximum absolute atomic E-state index is 12.6. The number of nitrogens with one attached hydrogen (secondary N) is 1. The molecule has 0 aliphatic heterocycles. The van der Waals surface area contributed by atoms with Crippen LogP contribution in [0.3, 0.4) is 0 Å². The van der Waals surface area contributed by atoms with Gasteiger partial charge in [-0.1, -0.05) is 61.8 Å². The third-order valence-corrected chi connectivity index (χ3v) is 5.52. The Morgan fingerprint density at radius 2 is 1.97 bits per heavy atom. The van der Waals surface area contributed by atoms with Crippen molar-refractivity contribution in [1.29, 1.82) is 5.26 Å². The minimum absolute atomic E-state index is 0.0273. The minimum Gasteiger partial charge on any atom is -0.297 e. The van der Waals surface area contributed by atoms with Gasteiger partial charge in [0.05, 0.1) is 5.69 Å². The van der Waals surface area contributed by atoms with Crippen LogP contribution < -0.4 is 5.32 Å². The molecule has 3 rings (SSSR count). The minimum atomic E-state index is -0.480. The number of thiazole rings is 1. The van der Waals surface area contributed by atoms with E-state index in [2.05, 4.69) is 24.1 Å². The first-order chi connectivity index (χ1) is 13.9. The Morgan fingerprint density at radius 3 is 2.59 bits per heavy atom. The molecule has 0 aliphatic rings. The Kier molecular flexibility index (Phi) is 6.48. The van der Waals surface area contributed by atoms with Gasteiger partial charge in [-0.2, -0.15) is 5.26 Å². The van der Waals surface area contributed by atoms with Crippen LogP contribution in [0.5, 0.6) is 0 Å². The molecular weight excluding hydrogens is 402 g/mol. The number of amides is 1. The third kappa shape index (κ3) is 5.11. The maximum atomic E-state index is 12.6. The van der Waals surface area contributed by atoms with Crippen LogP contribution in [-0.2, 0) is 4.79 Å². The highest BCUT2D eigenvalue weighted by molar-refractivity contribution is 7.16. The molecule has 3 aromatic rings. The number of rotatable bonds is 5. The second-order valence-electron chi connectivity index (χ2n) is 6.88. The number of hydrogen-bond acceptors (Lipinski definition) is 4. The largest absolute Gasteiger partial charge is 0.297 e. The lowest BCUT2D eigenvalue weighted by Gasteiger charge is -2.05. The maximum Gasteiger partial charge on any atom is 0.268 e. The van der Waals surface area contributed by atoms with Gasteiger partial charge in [0.25, 0.3) is 5.91 Å². The summed E-state index contributed by atoms with van der Waals surface area (Å²) in [6, 6.07) is 17.2. The molecule has 1 N–H and O–H groups in total. The predicted molar refractivity (Wildman–Crippen MR) is 120 cm³/mol. The van der Waals surface area contributed by atoms with E-state index < -0.39 is 5.91 Å². The number of nitriles is 1. The van der Waals surface area contributed by atoms with E-state index in [9.17, 15) is 10.1 Å². The van der Waals surface area contributed by atoms with E-state index in [1.165, 1.54) is 16.9 Å². The number of halogens is 1. The van der Waals surface area contributed by atoms with E-state index in [0.717, 1.165) is 21.7 Å². The van der Waals surface area contributed by atoms with Crippen molar-refractivity contribution in [3.05, 3.63) is 75.1 Å². The summed E-state index contributed by atoms with van der Waals surface area (Å²) in [6.45, 7) is 6.17. The number of nitrogens with zero attached hydrogens (tertiary/aromatic N) is 2. The molecule has 2 aromatic carbocycles. The molecule has 0 saturated heterocycles. The smallest absolute Gasteiger partial charge is 0.268 e. The van der Waals surface area contributed by atoms with Crippen LogP contribution in [0.2, 0.25) is 5.02 Å². The van der Waals surface area contributed by atoms with E-state index in [1.807, 2.05) is 55.5 Å². The van der Waals surface area contributed by atoms with Gasteiger partial charge in [0, 0.05) is 15.5 Å². The van der Waals surface area contributed by atoms with Crippen molar-refractivity contribution in [2.24, 2.45) is 0 Å². The van der Waals surface area contributed by atoms with Crippen molar-refractivity contribution in [1.82, 2.24) is 4.98 Å². The first kappa shape index (κ1) is 20.8. The van der Waals surface area contributed by atoms with Crippen molar-refractivity contribution < 1.29 is 4.79 Å². The molecular formula is C23H20ClN3OS. The van der Waals surface area contributed by atoms with Crippen LogP contribution >= 0.6 is 22.9 Å². The van der Waals surface area contributed by atoms with Gasteiger partial charge in [0.15, 0.2) is 5.13 Å². The van der Waals surface area contributed by atoms with Gasteiger partial charge in [0.2, 0.25) is 0 Å². The fourth-order valence-electron chi connectivity index (χ4n) is 2.81. The molecule has 0 unspecified atom stereocenters. The topological polar surface area (TPSA) is 65.8 Å². The van der Waals surface area contributed by atoms with Crippen LogP contribution in [-0.4, -0.2) is 10.9 Å². The van der Waals surface area contributed by atoms with E-state index in [4.69, 9.17) is 11.6 Å². The van der Waals surface area contributed by atoms with Gasteiger partial charge in [-0.3, -0.25) is 10.1 Å². The van der Waals surface area contributed by atoms with Crippen molar-refractivity contribution >= 4 is 40.1 Å². The summed E-state index contributed by atoms with van der Waals surface area (Å²) in [5.41, 5.74) is 3.68. The molecule has 0 atom stereocenters. The first-order valence-corrected chi connectivity index (χ1v) is 10.3. The summed E-state index contributed by atoms with van der Waals surface area (Å²) in [6.07, 6.45) is 1.58. The lowest BCUT2D eigenvalue weighted by Crippen LogP contribution is -2.13. The number of aryl methyl sites for hydroxylation is 1. The third-order valence-electron chi connectivity index (χ3n) is 4.39. The van der Waals surface area contributed by atoms with Crippen LogP contribution in [0.25, 0.3) is 17.3 Å². The Bertz CT molecular complexity index is 1110. The molecule has 1 amide bonds. The number of hydrogen-bond donors (Lipinski definition) is 1. The van der Waals surface area contributed by atoms with Crippen molar-refractivity contribution in [2.75, 3.05) is 5.32 Å². The normalized spacial score (nSPS) is 11.4. The summed E-state index contributed by atoms with van der Waals surface area (Å²) < 4.78 is 0. The second kappa shape index (κ2) is 9.04. The average molecular weight is 422 g/mol. The summed E-state index contributed by atoms with van der Waals surface area (Å²) in [5, 5.41) is 13.2. The molecule has 1 aromatic heterocycles. The van der Waals surface area contributed by atoms with Crippen LogP contribution in [0, 0.1) is 18.3 Å². The van der Waals surface area contributed by atoms with Crippen LogP contribution in [0.4, 0.5) is 5.13 Å². The molecule has 146 valence electrons. The molecule has 6 heteroatoms. The van der Waals surface area contributed by atoms with Gasteiger partial charge < -0.3 is 0 Å². The van der Waals surface area contributed by atoms with Gasteiger partial charge in [-0.05, 0) is 42.2 Å². The number of aromatic nitrogens is 1. The van der Waals surface area contributed by atoms with Gasteiger partial charge in [-0.25, -0.2) is 4.98 Å². The molecule has 0 aliphatic carbocycles. The van der Waals surface area contributed by atoms with Gasteiger partial charge >= 0.3 is 0 Å². The fraction of sp³-hybridized carbons (Fsp3) is 0.174. The van der Waals surface area contributed by atoms with Crippen molar-refractivity contribution in [3.63, 3.8) is 0 Å². The average Bonchev–Trinajstić information content (AvgIpc) is 3.06. The lowest BCUT2D eigenvalue weighted by molar-refractivity contribution is -0.112. The SMILES string of the molecule is Cc1sc(NC(=O)/C(C#N)=C/c2ccc(C(C)C)cc2)nc1-c1cccc(Cl)c1. The number of carbonyl (C=O) groups excluding carboxylic acids is 1. The van der Waals surface area contributed by atoms with Crippen LogP contribution in [0.1, 0.15) is 35.8 Å². The van der Waals surface area contributed by atoms with Gasteiger partial charge in [-0.15, -0.1) is 11.3 Å². The predicted octanol–water partition coefficient (Wildman–Crippen LogP) is 6.44. The highest BCUT2D eigenvalue weighted by atomic mass is 35.5. The van der Waals surface area contributed by atoms with Crippen molar-refractivity contribution in [3.8, 4) is 17.3 Å². The molecule has 0 bridgehead atoms. The zero-order valence-electron chi connectivity index (χ0n) is 16.4. The lowest BCUT2D eigenvalue weighted by atomic mass is 10.0. The quantitative estimate of drug-likeness (QED) is 0.380. The Labute approximate surface area is 179 Å². The number of carbonyl (C=O) groups is 1. The standard InChI is InChI=1S/C23H20ClN3OS/c1-14(2)17-9-7-16(8-10-17)11-19(13-25)22(28)27-23-26-21(15(3)29-23)18-5-4-6-20(24)12-18/h4-12,14H,1-3H3,(H,26,27,28)/b19-11+.